The zero-order chi connectivity index (χ0) is 25.3. The van der Waals surface area contributed by atoms with Gasteiger partial charge in [-0.1, -0.05) is 31.2 Å². The molecule has 1 aliphatic heterocycles. The van der Waals surface area contributed by atoms with Gasteiger partial charge in [-0.25, -0.2) is 5.01 Å². The van der Waals surface area contributed by atoms with Gasteiger partial charge < -0.3 is 4.74 Å². The number of carbonyl (C=O) groups excluding carboxylic acids is 4. The lowest BCUT2D eigenvalue weighted by Gasteiger charge is -2.30. The second-order valence-corrected chi connectivity index (χ2v) is 8.47. The zero-order valence-electron chi connectivity index (χ0n) is 19.1. The lowest BCUT2D eigenvalue weighted by Crippen LogP contribution is -2.52. The number of ether oxygens (including phenoxy) is 1. The number of rotatable bonds is 7. The standard InChI is InChI=1S/C25H23N3O7/c1-15-5-3-8-20-22(15)25(32)27(24(20)31)26(14-21(29)17-6-4-7-19(13-17)35-2)23(30)16-9-11-18(12-10-16)28(33)34/h3-7,9-13,15,20,22H,8,14H2,1-2H3/t15-,20+,22+/m0/s1. The fraction of sp³-hybridized carbons (Fsp3) is 0.280. The SMILES string of the molecule is COc1cccc(C(=O)CN(C(=O)c2ccc([N+](=O)[O-])cc2)N2C(=O)[C@@H]3[C@@H](C)C=CC[C@H]3C2=O)c1. The first kappa shape index (κ1) is 23.8. The van der Waals surface area contributed by atoms with E-state index in [1.165, 1.54) is 25.3 Å². The third-order valence-electron chi connectivity index (χ3n) is 6.34. The maximum atomic E-state index is 13.5. The molecule has 10 heteroatoms. The van der Waals surface area contributed by atoms with Gasteiger partial charge in [-0.3, -0.25) is 29.3 Å². The van der Waals surface area contributed by atoms with Gasteiger partial charge in [0, 0.05) is 23.3 Å². The van der Waals surface area contributed by atoms with Crippen molar-refractivity contribution < 1.29 is 28.8 Å². The minimum Gasteiger partial charge on any atom is -0.497 e. The smallest absolute Gasteiger partial charge is 0.273 e. The maximum Gasteiger partial charge on any atom is 0.273 e. The Hall–Kier alpha value is -4.34. The van der Waals surface area contributed by atoms with Crippen LogP contribution in [0.15, 0.2) is 60.7 Å². The van der Waals surface area contributed by atoms with Crippen LogP contribution in [0.4, 0.5) is 5.69 Å². The average molecular weight is 477 g/mol. The second kappa shape index (κ2) is 9.49. The molecule has 0 saturated carbocycles. The Labute approximate surface area is 200 Å². The van der Waals surface area contributed by atoms with Gasteiger partial charge in [0.25, 0.3) is 23.4 Å². The molecular weight excluding hydrogens is 454 g/mol. The van der Waals surface area contributed by atoms with Crippen molar-refractivity contribution in [2.75, 3.05) is 13.7 Å². The molecule has 1 heterocycles. The van der Waals surface area contributed by atoms with E-state index in [0.29, 0.717) is 12.2 Å². The number of fused-ring (bicyclic) bond motifs is 1. The van der Waals surface area contributed by atoms with Crippen LogP contribution in [-0.4, -0.2) is 52.1 Å². The lowest BCUT2D eigenvalue weighted by molar-refractivity contribution is -0.384. The number of nitro benzene ring substituents is 1. The second-order valence-electron chi connectivity index (χ2n) is 8.47. The van der Waals surface area contributed by atoms with Crippen molar-refractivity contribution in [2.45, 2.75) is 13.3 Å². The van der Waals surface area contributed by atoms with Crippen LogP contribution in [-0.2, 0) is 9.59 Å². The quantitative estimate of drug-likeness (QED) is 0.197. The van der Waals surface area contributed by atoms with Crippen molar-refractivity contribution in [3.63, 3.8) is 0 Å². The average Bonchev–Trinajstić information content (AvgIpc) is 3.12. The molecule has 1 aliphatic carbocycles. The molecule has 3 amide bonds. The molecule has 35 heavy (non-hydrogen) atoms. The van der Waals surface area contributed by atoms with Gasteiger partial charge in [0.05, 0.1) is 23.9 Å². The van der Waals surface area contributed by atoms with Crippen LogP contribution in [0, 0.1) is 27.9 Å². The summed E-state index contributed by atoms with van der Waals surface area (Å²) < 4.78 is 5.15. The minimum absolute atomic E-state index is 0.00399. The number of nitrogens with zero attached hydrogens (tertiary/aromatic N) is 3. The number of methoxy groups -OCH3 is 1. The molecule has 180 valence electrons. The Morgan fingerprint density at radius 2 is 1.83 bits per heavy atom. The zero-order valence-corrected chi connectivity index (χ0v) is 19.1. The lowest BCUT2D eigenvalue weighted by atomic mass is 9.78. The van der Waals surface area contributed by atoms with E-state index in [2.05, 4.69) is 0 Å². The number of ketones is 1. The van der Waals surface area contributed by atoms with E-state index in [0.717, 1.165) is 22.2 Å². The first-order valence-corrected chi connectivity index (χ1v) is 11.0. The van der Waals surface area contributed by atoms with Crippen molar-refractivity contribution in [2.24, 2.45) is 17.8 Å². The Kier molecular flexibility index (Phi) is 6.46. The van der Waals surface area contributed by atoms with Crippen LogP contribution in [0.5, 0.6) is 5.75 Å². The number of carbonyl (C=O) groups is 4. The van der Waals surface area contributed by atoms with Crippen molar-refractivity contribution >= 4 is 29.2 Å². The van der Waals surface area contributed by atoms with Crippen LogP contribution >= 0.6 is 0 Å². The predicted octanol–water partition coefficient (Wildman–Crippen LogP) is 3.04. The largest absolute Gasteiger partial charge is 0.497 e. The summed E-state index contributed by atoms with van der Waals surface area (Å²) in [5.74, 6) is -3.44. The molecule has 0 aromatic heterocycles. The summed E-state index contributed by atoms with van der Waals surface area (Å²) in [7, 11) is 1.45. The Morgan fingerprint density at radius 1 is 1.11 bits per heavy atom. The van der Waals surface area contributed by atoms with Crippen LogP contribution in [0.3, 0.4) is 0 Å². The van der Waals surface area contributed by atoms with Crippen LogP contribution in [0.25, 0.3) is 0 Å². The van der Waals surface area contributed by atoms with Crippen LogP contribution in [0.2, 0.25) is 0 Å². The number of benzene rings is 2. The molecule has 0 spiro atoms. The highest BCUT2D eigenvalue weighted by molar-refractivity contribution is 6.10. The van der Waals surface area contributed by atoms with E-state index in [4.69, 9.17) is 4.74 Å². The molecule has 10 nitrogen and oxygen atoms in total. The number of hydrazine groups is 1. The highest BCUT2D eigenvalue weighted by atomic mass is 16.6. The van der Waals surface area contributed by atoms with Gasteiger partial charge in [-0.05, 0) is 36.6 Å². The van der Waals surface area contributed by atoms with E-state index in [1.807, 2.05) is 19.1 Å². The molecule has 2 aromatic carbocycles. The molecule has 3 atom stereocenters. The number of non-ortho nitro benzene ring substituents is 1. The summed E-state index contributed by atoms with van der Waals surface area (Å²) >= 11 is 0. The molecular formula is C25H23N3O7. The van der Waals surface area contributed by atoms with E-state index in [1.54, 1.807) is 18.2 Å². The molecule has 0 unspecified atom stereocenters. The summed E-state index contributed by atoms with van der Waals surface area (Å²) in [4.78, 5) is 63.7. The summed E-state index contributed by atoms with van der Waals surface area (Å²) in [5.41, 5.74) is 0.00730. The highest BCUT2D eigenvalue weighted by Crippen LogP contribution is 2.39. The van der Waals surface area contributed by atoms with Crippen molar-refractivity contribution in [1.29, 1.82) is 0 Å². The number of allylic oxidation sites excluding steroid dienone is 2. The van der Waals surface area contributed by atoms with Crippen LogP contribution in [0.1, 0.15) is 34.1 Å². The van der Waals surface area contributed by atoms with Crippen molar-refractivity contribution in [1.82, 2.24) is 10.0 Å². The van der Waals surface area contributed by atoms with E-state index in [-0.39, 0.29) is 22.7 Å². The number of Topliss-reactive ketones (excluding diaryl/α,β-unsaturated/α-hetero) is 1. The van der Waals surface area contributed by atoms with Crippen LogP contribution < -0.4 is 4.74 Å². The Balaban J connectivity index is 1.71. The maximum absolute atomic E-state index is 13.5. The molecule has 0 bridgehead atoms. The number of hydrogen-bond acceptors (Lipinski definition) is 7. The van der Waals surface area contributed by atoms with Crippen molar-refractivity contribution in [3.8, 4) is 5.75 Å². The number of imide groups is 1. The third kappa shape index (κ3) is 4.42. The number of nitro groups is 1. The number of hydrogen-bond donors (Lipinski definition) is 0. The fourth-order valence-electron chi connectivity index (χ4n) is 4.50. The summed E-state index contributed by atoms with van der Waals surface area (Å²) in [6.45, 7) is 1.24. The van der Waals surface area contributed by atoms with Gasteiger partial charge in [-0.2, -0.15) is 5.01 Å². The van der Waals surface area contributed by atoms with Gasteiger partial charge in [-0.15, -0.1) is 0 Å². The summed E-state index contributed by atoms with van der Waals surface area (Å²) in [6.07, 6.45) is 4.06. The summed E-state index contributed by atoms with van der Waals surface area (Å²) in [5, 5.41) is 12.6. The first-order chi connectivity index (χ1) is 16.7. The van der Waals surface area contributed by atoms with Gasteiger partial charge in [0.2, 0.25) is 0 Å². The molecule has 1 saturated heterocycles. The molecule has 1 fully saturated rings. The third-order valence-corrected chi connectivity index (χ3v) is 6.34. The Morgan fingerprint density at radius 3 is 2.46 bits per heavy atom. The molecule has 0 N–H and O–H groups in total. The topological polar surface area (TPSA) is 127 Å². The van der Waals surface area contributed by atoms with Gasteiger partial charge in [0.1, 0.15) is 12.3 Å². The van der Waals surface area contributed by atoms with E-state index >= 15 is 0 Å². The molecule has 0 radical (unpaired) electrons. The summed E-state index contributed by atoms with van der Waals surface area (Å²) in [6, 6.07) is 11.1. The molecule has 4 rings (SSSR count). The first-order valence-electron chi connectivity index (χ1n) is 11.0. The van der Waals surface area contributed by atoms with E-state index < -0.39 is 46.8 Å². The Bertz CT molecular complexity index is 1240. The monoisotopic (exact) mass is 477 g/mol. The van der Waals surface area contributed by atoms with Gasteiger partial charge >= 0.3 is 0 Å². The van der Waals surface area contributed by atoms with Crippen molar-refractivity contribution in [3.05, 3.63) is 81.9 Å². The minimum atomic E-state index is -0.794. The normalized spacial score (nSPS) is 21.0. The van der Waals surface area contributed by atoms with E-state index in [9.17, 15) is 29.3 Å². The number of amides is 3. The highest BCUT2D eigenvalue weighted by Gasteiger charge is 2.53. The molecule has 2 aliphatic rings. The fourth-order valence-corrected chi connectivity index (χ4v) is 4.50. The van der Waals surface area contributed by atoms with Gasteiger partial charge in [0.15, 0.2) is 5.78 Å². The predicted molar refractivity (Wildman–Crippen MR) is 123 cm³/mol. The molecule has 2 aromatic rings.